The number of rotatable bonds is 24. The van der Waals surface area contributed by atoms with Gasteiger partial charge in [-0.05, 0) is 152 Å². The Morgan fingerprint density at radius 3 is 0.940 bits per heavy atom. The SMILES string of the molecule is CN(CCO)S(=O)(=O)c1cccc(C(=O)Nc2cc(F)cc(F)c2)c1.CN(CCO)S(=O)(=O)c1cccc(C(=O)Nc2ccc(Cl)c(F)c2)c1.CN(CCO)S(=O)(=O)c1cccc(C(=O)Nc2ccc(F)c(Cl)c2)c1.Cc1cc(NC(=O)c2cccc(S(=O)(=O)N(C)CCO)c2)ccc1F. The van der Waals surface area contributed by atoms with Crippen LogP contribution in [0.3, 0.4) is 0 Å². The Kier molecular flexibility index (Phi) is 30.5. The highest BCUT2D eigenvalue weighted by atomic mass is 35.5. The van der Waals surface area contributed by atoms with Crippen molar-refractivity contribution in [1.82, 2.24) is 17.2 Å². The van der Waals surface area contributed by atoms with Crippen LogP contribution in [0.15, 0.2) is 189 Å². The predicted molar refractivity (Wildman–Crippen MR) is 366 cm³/mol. The van der Waals surface area contributed by atoms with Crippen molar-refractivity contribution in [3.05, 3.63) is 237 Å². The highest BCUT2D eigenvalue weighted by molar-refractivity contribution is 7.90. The summed E-state index contributed by atoms with van der Waals surface area (Å²) in [5.41, 5.74) is 1.54. The minimum atomic E-state index is -3.87. The molecule has 536 valence electrons. The largest absolute Gasteiger partial charge is 0.395 e. The number of aryl methyl sites for hydroxylation is 1. The summed E-state index contributed by atoms with van der Waals surface area (Å²) in [6.07, 6.45) is 0. The number of halogens is 7. The number of sulfonamides is 4. The van der Waals surface area contributed by atoms with Crippen LogP contribution < -0.4 is 21.3 Å². The third kappa shape index (κ3) is 22.9. The van der Waals surface area contributed by atoms with Crippen LogP contribution >= 0.6 is 23.2 Å². The summed E-state index contributed by atoms with van der Waals surface area (Å²) in [5, 5.41) is 45.2. The van der Waals surface area contributed by atoms with Crippen molar-refractivity contribution in [2.24, 2.45) is 0 Å². The summed E-state index contributed by atoms with van der Waals surface area (Å²) < 4.78 is 169. The van der Waals surface area contributed by atoms with Crippen LogP contribution in [-0.4, -0.2) is 176 Å². The molecule has 8 aromatic carbocycles. The van der Waals surface area contributed by atoms with Gasteiger partial charge < -0.3 is 41.7 Å². The minimum Gasteiger partial charge on any atom is -0.395 e. The number of likely N-dealkylation sites (N-methyl/N-ethyl adjacent to an activating group) is 4. The molecular formula is C65H67Cl2F5N8O16S4. The van der Waals surface area contributed by atoms with Crippen LogP contribution in [0.4, 0.5) is 44.7 Å². The lowest BCUT2D eigenvalue weighted by Crippen LogP contribution is -2.29. The summed E-state index contributed by atoms with van der Waals surface area (Å²) >= 11 is 11.2. The van der Waals surface area contributed by atoms with Crippen molar-refractivity contribution >= 4 is 110 Å². The number of anilines is 4. The Morgan fingerprint density at radius 2 is 0.640 bits per heavy atom. The monoisotopic (exact) mass is 1510 g/mol. The second-order valence-electron chi connectivity index (χ2n) is 21.0. The average Bonchev–Trinajstić information content (AvgIpc) is 0.827. The van der Waals surface area contributed by atoms with Gasteiger partial charge in [-0.3, -0.25) is 19.2 Å². The van der Waals surface area contributed by atoms with E-state index in [1.54, 1.807) is 6.92 Å². The molecule has 0 spiro atoms. The van der Waals surface area contributed by atoms with Crippen LogP contribution in [0, 0.1) is 36.0 Å². The average molecular weight is 1510 g/mol. The van der Waals surface area contributed by atoms with E-state index in [9.17, 15) is 74.8 Å². The van der Waals surface area contributed by atoms with Crippen LogP contribution in [0.5, 0.6) is 0 Å². The molecule has 0 unspecified atom stereocenters. The summed E-state index contributed by atoms with van der Waals surface area (Å²) in [4.78, 5) is 48.7. The number of aliphatic hydroxyl groups excluding tert-OH is 4. The molecule has 100 heavy (non-hydrogen) atoms. The van der Waals surface area contributed by atoms with Crippen LogP contribution in [0.1, 0.15) is 47.0 Å². The van der Waals surface area contributed by atoms with E-state index in [0.717, 1.165) is 47.6 Å². The van der Waals surface area contributed by atoms with Gasteiger partial charge in [0.1, 0.15) is 29.1 Å². The lowest BCUT2D eigenvalue weighted by molar-refractivity contribution is 0.101. The van der Waals surface area contributed by atoms with Crippen molar-refractivity contribution in [2.45, 2.75) is 26.5 Å². The zero-order valence-corrected chi connectivity index (χ0v) is 58.4. The fraction of sp³-hybridized carbons (Fsp3) is 0.200. The third-order valence-corrected chi connectivity index (χ3v) is 21.8. The van der Waals surface area contributed by atoms with Gasteiger partial charge >= 0.3 is 0 Å². The molecule has 0 fully saturated rings. The topological polar surface area (TPSA) is 347 Å². The fourth-order valence-electron chi connectivity index (χ4n) is 8.26. The number of carbonyl (C=O) groups is 4. The van der Waals surface area contributed by atoms with Gasteiger partial charge in [0, 0.05) is 105 Å². The maximum atomic E-state index is 13.4. The Balaban J connectivity index is 0.000000240. The molecule has 0 saturated heterocycles. The van der Waals surface area contributed by atoms with Crippen LogP contribution in [-0.2, 0) is 40.1 Å². The number of carbonyl (C=O) groups excluding carboxylic acids is 4. The van der Waals surface area contributed by atoms with E-state index in [1.807, 2.05) is 0 Å². The Labute approximate surface area is 584 Å². The second kappa shape index (κ2) is 37.1. The number of nitrogens with one attached hydrogen (secondary N) is 4. The predicted octanol–water partition coefficient (Wildman–Crippen LogP) is 8.52. The molecule has 0 radical (unpaired) electrons. The van der Waals surface area contributed by atoms with Gasteiger partial charge in [-0.2, -0.15) is 17.2 Å². The van der Waals surface area contributed by atoms with E-state index >= 15 is 0 Å². The number of amides is 4. The zero-order valence-electron chi connectivity index (χ0n) is 53.6. The van der Waals surface area contributed by atoms with Gasteiger partial charge in [-0.1, -0.05) is 47.5 Å². The molecule has 0 bridgehead atoms. The fourth-order valence-corrected chi connectivity index (χ4v) is 13.4. The quantitative estimate of drug-likeness (QED) is 0.0263. The number of nitrogens with zero attached hydrogens (tertiary/aromatic N) is 4. The van der Waals surface area contributed by atoms with Gasteiger partial charge in [-0.25, -0.2) is 55.6 Å². The molecule has 24 nitrogen and oxygen atoms in total. The maximum Gasteiger partial charge on any atom is 0.255 e. The van der Waals surface area contributed by atoms with Crippen molar-refractivity contribution < 1.29 is 95.2 Å². The molecule has 0 heterocycles. The highest BCUT2D eigenvalue weighted by Crippen LogP contribution is 2.26. The smallest absolute Gasteiger partial charge is 0.255 e. The molecular weight excluding hydrogens is 1440 g/mol. The van der Waals surface area contributed by atoms with Crippen LogP contribution in [0.2, 0.25) is 10.0 Å². The molecule has 8 rings (SSSR count). The summed E-state index contributed by atoms with van der Waals surface area (Å²) in [7, 11) is -10.0. The van der Waals surface area contributed by atoms with Gasteiger partial charge in [0.15, 0.2) is 0 Å². The van der Waals surface area contributed by atoms with E-state index < -0.39 is 87.0 Å². The molecule has 0 aliphatic rings. The molecule has 0 aromatic heterocycles. The van der Waals surface area contributed by atoms with Gasteiger partial charge in [0.25, 0.3) is 23.6 Å². The maximum absolute atomic E-state index is 13.4. The summed E-state index contributed by atoms with van der Waals surface area (Å²) in [5.74, 6) is -5.75. The highest BCUT2D eigenvalue weighted by Gasteiger charge is 2.26. The molecule has 35 heteroatoms. The molecule has 0 atom stereocenters. The van der Waals surface area contributed by atoms with E-state index in [-0.39, 0.29) is 127 Å². The standard InChI is InChI=1S/C17H19FN2O4S.2C16H16ClFN2O4S.C16H16F2N2O4S/c1-12-10-14(6-7-16(12)18)19-17(22)13-4-3-5-15(11-13)25(23,24)20(2)8-9-21;1-20(7-8-21)25(23,24)13-4-2-3-11(9-13)16(22)19-12-5-6-15(18)14(17)10-12;1-20(7-8-21)25(23,24)13-4-2-3-11(9-13)16(22)19-12-5-6-14(17)15(18)10-12;1-20(5-6-21)25(23,24)15-4-2-3-11(7-15)16(22)19-14-9-12(17)8-13(18)10-14/h3-7,10-11,21H,8-9H2,1-2H3,(H,19,22);2*2-6,9-10,21H,7-8H2,1H3,(H,19,22);2-4,7-10,21H,5-6H2,1H3,(H,19,22). The van der Waals surface area contributed by atoms with E-state index in [2.05, 4.69) is 21.3 Å². The third-order valence-electron chi connectivity index (χ3n) is 13.8. The first-order chi connectivity index (χ1) is 47.0. The van der Waals surface area contributed by atoms with Crippen LogP contribution in [0.25, 0.3) is 0 Å². The van der Waals surface area contributed by atoms with Crippen molar-refractivity contribution in [3.63, 3.8) is 0 Å². The lowest BCUT2D eigenvalue weighted by atomic mass is 10.2. The number of hydrogen-bond acceptors (Lipinski definition) is 16. The minimum absolute atomic E-state index is 0.00291. The molecule has 4 amide bonds. The first kappa shape index (κ1) is 82.0. The van der Waals surface area contributed by atoms with Crippen molar-refractivity contribution in [1.29, 1.82) is 0 Å². The molecule has 8 N–H and O–H groups in total. The van der Waals surface area contributed by atoms with E-state index in [0.29, 0.717) is 17.3 Å². The number of aliphatic hydroxyl groups is 4. The van der Waals surface area contributed by atoms with E-state index in [4.69, 9.17) is 43.6 Å². The molecule has 0 aliphatic heterocycles. The summed E-state index contributed by atoms with van der Waals surface area (Å²) in [6, 6.07) is 35.9. The van der Waals surface area contributed by atoms with Crippen molar-refractivity contribution in [2.75, 3.05) is 102 Å². The Bertz CT molecular complexity index is 4360. The van der Waals surface area contributed by atoms with E-state index in [1.165, 1.54) is 162 Å². The lowest BCUT2D eigenvalue weighted by Gasteiger charge is -2.16. The second-order valence-corrected chi connectivity index (χ2v) is 30.0. The normalized spacial score (nSPS) is 11.6. The Morgan fingerprint density at radius 1 is 0.350 bits per heavy atom. The van der Waals surface area contributed by atoms with Gasteiger partial charge in [0.2, 0.25) is 40.1 Å². The molecule has 0 aliphatic carbocycles. The van der Waals surface area contributed by atoms with Gasteiger partial charge in [0.05, 0.1) is 56.1 Å². The summed E-state index contributed by atoms with van der Waals surface area (Å²) in [6.45, 7) is 0.0138. The Hall–Kier alpha value is -8.65. The number of benzene rings is 8. The molecule has 0 saturated carbocycles. The zero-order chi connectivity index (χ0) is 74.5. The number of hydrogen-bond donors (Lipinski definition) is 8. The van der Waals surface area contributed by atoms with Crippen molar-refractivity contribution in [3.8, 4) is 0 Å². The first-order valence-electron chi connectivity index (χ1n) is 29.1. The molecule has 8 aromatic rings. The first-order valence-corrected chi connectivity index (χ1v) is 35.6. The van der Waals surface area contributed by atoms with Gasteiger partial charge in [-0.15, -0.1) is 0 Å².